The van der Waals surface area contributed by atoms with Crippen LogP contribution >= 0.6 is 0 Å². The number of carboxylic acid groups (broad SMARTS) is 1. The molecule has 0 unspecified atom stereocenters. The number of carboxylic acids is 1. The zero-order valence-electron chi connectivity index (χ0n) is 11.8. The summed E-state index contributed by atoms with van der Waals surface area (Å²) in [6, 6.07) is 3.70. The number of nitrogens with zero attached hydrogens (tertiary/aromatic N) is 1. The number of aldehydes is 1. The highest BCUT2D eigenvalue weighted by molar-refractivity contribution is 5.88. The van der Waals surface area contributed by atoms with E-state index in [2.05, 4.69) is 5.48 Å². The first-order valence-electron chi connectivity index (χ1n) is 6.18. The van der Waals surface area contributed by atoms with Crippen molar-refractivity contribution < 1.29 is 23.9 Å². The van der Waals surface area contributed by atoms with Gasteiger partial charge in [-0.3, -0.25) is 4.79 Å². The standard InChI is InChI=1S/C14H17FN2O4/c1-10(14(19)20)8-17(6-5-16-21-2)13-7-12(15)4-3-11(13)9-18/h3-4,7-9,16H,5-6H2,1-2H3,(H,19,20)/b10-8+. The zero-order valence-corrected chi connectivity index (χ0v) is 11.8. The molecular weight excluding hydrogens is 279 g/mol. The maximum absolute atomic E-state index is 13.4. The van der Waals surface area contributed by atoms with E-state index in [1.807, 2.05) is 0 Å². The van der Waals surface area contributed by atoms with Gasteiger partial charge in [0.1, 0.15) is 5.82 Å². The molecule has 0 aromatic heterocycles. The minimum absolute atomic E-state index is 0.0635. The van der Waals surface area contributed by atoms with Crippen LogP contribution in [0.3, 0.4) is 0 Å². The minimum atomic E-state index is -1.09. The molecule has 6 nitrogen and oxygen atoms in total. The van der Waals surface area contributed by atoms with Gasteiger partial charge in [0.15, 0.2) is 6.29 Å². The van der Waals surface area contributed by atoms with E-state index in [1.165, 1.54) is 43.3 Å². The molecule has 2 N–H and O–H groups in total. The fraction of sp³-hybridized carbons (Fsp3) is 0.286. The molecule has 0 fully saturated rings. The highest BCUT2D eigenvalue weighted by Crippen LogP contribution is 2.21. The molecule has 0 heterocycles. The highest BCUT2D eigenvalue weighted by Gasteiger charge is 2.12. The number of nitrogens with one attached hydrogen (secondary N) is 1. The lowest BCUT2D eigenvalue weighted by molar-refractivity contribution is -0.132. The number of carbonyl (C=O) groups is 2. The second-order valence-electron chi connectivity index (χ2n) is 4.23. The van der Waals surface area contributed by atoms with Gasteiger partial charge in [-0.2, -0.15) is 0 Å². The minimum Gasteiger partial charge on any atom is -0.478 e. The summed E-state index contributed by atoms with van der Waals surface area (Å²) in [5.41, 5.74) is 3.23. The van der Waals surface area contributed by atoms with Crippen LogP contribution in [0.5, 0.6) is 0 Å². The third-order valence-corrected chi connectivity index (χ3v) is 2.71. The van der Waals surface area contributed by atoms with E-state index in [9.17, 15) is 14.0 Å². The van der Waals surface area contributed by atoms with Gasteiger partial charge in [-0.1, -0.05) is 0 Å². The number of carbonyl (C=O) groups excluding carboxylic acids is 1. The predicted octanol–water partition coefficient (Wildman–Crippen LogP) is 1.58. The van der Waals surface area contributed by atoms with Crippen molar-refractivity contribution in [1.82, 2.24) is 5.48 Å². The summed E-state index contributed by atoms with van der Waals surface area (Å²) in [4.78, 5) is 28.2. The molecule has 1 rings (SSSR count). The number of hydrogen-bond acceptors (Lipinski definition) is 5. The van der Waals surface area contributed by atoms with E-state index in [-0.39, 0.29) is 11.1 Å². The van der Waals surface area contributed by atoms with Crippen molar-refractivity contribution in [3.05, 3.63) is 41.4 Å². The number of anilines is 1. The molecule has 0 aliphatic carbocycles. The normalized spacial score (nSPS) is 11.3. The summed E-state index contributed by atoms with van der Waals surface area (Å²) >= 11 is 0. The quantitative estimate of drug-likeness (QED) is 0.328. The van der Waals surface area contributed by atoms with E-state index in [4.69, 9.17) is 9.94 Å². The summed E-state index contributed by atoms with van der Waals surface area (Å²) in [5.74, 6) is -1.61. The van der Waals surface area contributed by atoms with Crippen LogP contribution in [0.25, 0.3) is 0 Å². The Bertz CT molecular complexity index is 546. The molecule has 7 heteroatoms. The monoisotopic (exact) mass is 296 g/mol. The van der Waals surface area contributed by atoms with Crippen LogP contribution in [0, 0.1) is 5.82 Å². The van der Waals surface area contributed by atoms with Crippen LogP contribution in [-0.4, -0.2) is 37.6 Å². The van der Waals surface area contributed by atoms with Crippen molar-refractivity contribution in [1.29, 1.82) is 0 Å². The van der Waals surface area contributed by atoms with Crippen LogP contribution < -0.4 is 10.4 Å². The highest BCUT2D eigenvalue weighted by atomic mass is 19.1. The van der Waals surface area contributed by atoms with Gasteiger partial charge in [-0.05, 0) is 25.1 Å². The largest absolute Gasteiger partial charge is 0.478 e. The summed E-state index contributed by atoms with van der Waals surface area (Å²) in [6.07, 6.45) is 1.94. The van der Waals surface area contributed by atoms with E-state index < -0.39 is 11.8 Å². The zero-order chi connectivity index (χ0) is 15.8. The first-order valence-corrected chi connectivity index (χ1v) is 6.18. The van der Waals surface area contributed by atoms with Crippen LogP contribution in [0.15, 0.2) is 30.0 Å². The molecule has 0 saturated carbocycles. The number of rotatable bonds is 8. The van der Waals surface area contributed by atoms with Crippen molar-refractivity contribution >= 4 is 17.9 Å². The average Bonchev–Trinajstić information content (AvgIpc) is 2.46. The third kappa shape index (κ3) is 4.97. The number of aliphatic carboxylic acids is 1. The second-order valence-corrected chi connectivity index (χ2v) is 4.23. The molecule has 0 saturated heterocycles. The number of benzene rings is 1. The van der Waals surface area contributed by atoms with Gasteiger partial charge >= 0.3 is 5.97 Å². The lowest BCUT2D eigenvalue weighted by Gasteiger charge is -2.22. The van der Waals surface area contributed by atoms with Gasteiger partial charge in [0.2, 0.25) is 0 Å². The Morgan fingerprint density at radius 3 is 2.81 bits per heavy atom. The Kier molecular flexibility index (Phi) is 6.51. The molecule has 1 aromatic carbocycles. The number of hydrogen-bond donors (Lipinski definition) is 2. The number of halogens is 1. The van der Waals surface area contributed by atoms with E-state index in [0.717, 1.165) is 0 Å². The smallest absolute Gasteiger partial charge is 0.332 e. The Hall–Kier alpha value is -2.25. The molecule has 0 aliphatic heterocycles. The molecule has 0 amide bonds. The molecular formula is C14H17FN2O4. The molecule has 0 bridgehead atoms. The maximum Gasteiger partial charge on any atom is 0.332 e. The van der Waals surface area contributed by atoms with E-state index in [0.29, 0.717) is 25.1 Å². The van der Waals surface area contributed by atoms with Crippen molar-refractivity contribution in [3.8, 4) is 0 Å². The Morgan fingerprint density at radius 2 is 2.24 bits per heavy atom. The fourth-order valence-electron chi connectivity index (χ4n) is 1.68. The van der Waals surface area contributed by atoms with Gasteiger partial charge in [0, 0.05) is 24.9 Å². The molecule has 0 atom stereocenters. The summed E-state index contributed by atoms with van der Waals surface area (Å²) in [7, 11) is 1.45. The Labute approximate surface area is 121 Å². The van der Waals surface area contributed by atoms with E-state index in [1.54, 1.807) is 0 Å². The molecule has 21 heavy (non-hydrogen) atoms. The Balaban J connectivity index is 3.16. The van der Waals surface area contributed by atoms with Crippen LogP contribution in [-0.2, 0) is 9.63 Å². The van der Waals surface area contributed by atoms with Gasteiger partial charge in [-0.25, -0.2) is 14.7 Å². The lowest BCUT2D eigenvalue weighted by Crippen LogP contribution is -2.29. The van der Waals surface area contributed by atoms with Crippen molar-refractivity contribution in [2.24, 2.45) is 0 Å². The van der Waals surface area contributed by atoms with Gasteiger partial charge in [-0.15, -0.1) is 0 Å². The molecule has 0 spiro atoms. The fourth-order valence-corrected chi connectivity index (χ4v) is 1.68. The first-order chi connectivity index (χ1) is 9.99. The number of hydroxylamine groups is 1. The van der Waals surface area contributed by atoms with Crippen molar-refractivity contribution in [2.75, 3.05) is 25.1 Å². The van der Waals surface area contributed by atoms with Gasteiger partial charge in [0.05, 0.1) is 18.4 Å². The first kappa shape index (κ1) is 16.8. The molecule has 0 aliphatic rings. The van der Waals surface area contributed by atoms with Crippen LogP contribution in [0.1, 0.15) is 17.3 Å². The topological polar surface area (TPSA) is 78.9 Å². The van der Waals surface area contributed by atoms with Gasteiger partial charge in [0.25, 0.3) is 0 Å². The Morgan fingerprint density at radius 1 is 1.52 bits per heavy atom. The van der Waals surface area contributed by atoms with Crippen molar-refractivity contribution in [2.45, 2.75) is 6.92 Å². The second kappa shape index (κ2) is 8.13. The predicted molar refractivity (Wildman–Crippen MR) is 75.5 cm³/mol. The van der Waals surface area contributed by atoms with Crippen molar-refractivity contribution in [3.63, 3.8) is 0 Å². The van der Waals surface area contributed by atoms with Crippen LogP contribution in [0.4, 0.5) is 10.1 Å². The van der Waals surface area contributed by atoms with Gasteiger partial charge < -0.3 is 14.8 Å². The summed E-state index contributed by atoms with van der Waals surface area (Å²) < 4.78 is 13.4. The molecule has 114 valence electrons. The van der Waals surface area contributed by atoms with E-state index >= 15 is 0 Å². The van der Waals surface area contributed by atoms with Crippen LogP contribution in [0.2, 0.25) is 0 Å². The molecule has 0 radical (unpaired) electrons. The average molecular weight is 296 g/mol. The summed E-state index contributed by atoms with van der Waals surface area (Å²) in [5, 5.41) is 8.95. The summed E-state index contributed by atoms with van der Waals surface area (Å²) in [6.45, 7) is 2.07. The third-order valence-electron chi connectivity index (χ3n) is 2.71. The molecule has 1 aromatic rings. The SMILES string of the molecule is CONCCN(/C=C(\C)C(=O)O)c1cc(F)ccc1C=O. The maximum atomic E-state index is 13.4. The lowest BCUT2D eigenvalue weighted by atomic mass is 10.1.